The summed E-state index contributed by atoms with van der Waals surface area (Å²) >= 11 is 0. The average molecular weight is 471 g/mol. The van der Waals surface area contributed by atoms with Crippen LogP contribution in [0.3, 0.4) is 0 Å². The standard InChI is InChI=1S/C12H12N2O3.C12H18N2O3/c1-13-10(15)9(8-6-4-3-5-7-8)11(16)14(2)12(13)17;1-2-9-10(15)13-12(17)14(11(9)16)8-6-4-3-5-7-8/h3-7,9H,1-2H3;8-9H,2-7H2,1H3,(H,13,15,17). The fourth-order valence-electron chi connectivity index (χ4n) is 4.51. The molecular weight excluding hydrogens is 440 g/mol. The van der Waals surface area contributed by atoms with Gasteiger partial charge >= 0.3 is 12.1 Å². The number of barbiturate groups is 2. The number of nitrogens with zero attached hydrogens (tertiary/aromatic N) is 3. The predicted molar refractivity (Wildman–Crippen MR) is 121 cm³/mol. The van der Waals surface area contributed by atoms with E-state index in [-0.39, 0.29) is 11.9 Å². The second kappa shape index (κ2) is 10.6. The molecule has 2 saturated heterocycles. The van der Waals surface area contributed by atoms with Gasteiger partial charge in [-0.05, 0) is 24.8 Å². The van der Waals surface area contributed by atoms with E-state index in [0.717, 1.165) is 41.9 Å². The van der Waals surface area contributed by atoms with Gasteiger partial charge in [-0.3, -0.25) is 39.2 Å². The Bertz CT molecular complexity index is 964. The Kier molecular flexibility index (Phi) is 7.80. The fraction of sp³-hybridized carbons (Fsp3) is 0.500. The van der Waals surface area contributed by atoms with Gasteiger partial charge in [-0.15, -0.1) is 0 Å². The van der Waals surface area contributed by atoms with E-state index in [1.807, 2.05) is 0 Å². The van der Waals surface area contributed by atoms with Crippen molar-refractivity contribution < 1.29 is 28.8 Å². The lowest BCUT2D eigenvalue weighted by atomic mass is 9.92. The number of urea groups is 2. The van der Waals surface area contributed by atoms with Crippen molar-refractivity contribution in [3.8, 4) is 0 Å². The number of amides is 8. The molecule has 1 unspecified atom stereocenters. The van der Waals surface area contributed by atoms with Gasteiger partial charge in [0, 0.05) is 20.1 Å². The zero-order chi connectivity index (χ0) is 25.0. The second-order valence-corrected chi connectivity index (χ2v) is 8.68. The zero-order valence-electron chi connectivity index (χ0n) is 19.7. The lowest BCUT2D eigenvalue weighted by Crippen LogP contribution is -2.61. The maximum atomic E-state index is 12.1. The van der Waals surface area contributed by atoms with E-state index in [9.17, 15) is 28.8 Å². The van der Waals surface area contributed by atoms with Crippen molar-refractivity contribution in [3.05, 3.63) is 35.9 Å². The van der Waals surface area contributed by atoms with Gasteiger partial charge < -0.3 is 0 Å². The Morgan fingerprint density at radius 2 is 1.38 bits per heavy atom. The molecule has 3 fully saturated rings. The third kappa shape index (κ3) is 4.85. The van der Waals surface area contributed by atoms with Crippen LogP contribution in [0.5, 0.6) is 0 Å². The summed E-state index contributed by atoms with van der Waals surface area (Å²) in [5.41, 5.74) is 0.605. The van der Waals surface area contributed by atoms with E-state index in [1.165, 1.54) is 19.0 Å². The molecule has 0 aromatic heterocycles. The highest BCUT2D eigenvalue weighted by atomic mass is 16.2. The van der Waals surface area contributed by atoms with E-state index >= 15 is 0 Å². The monoisotopic (exact) mass is 470 g/mol. The molecule has 182 valence electrons. The van der Waals surface area contributed by atoms with Crippen LogP contribution in [0.2, 0.25) is 0 Å². The number of hydrogen-bond acceptors (Lipinski definition) is 6. The number of hydrogen-bond donors (Lipinski definition) is 1. The van der Waals surface area contributed by atoms with E-state index in [0.29, 0.717) is 12.0 Å². The Balaban J connectivity index is 0.000000191. The zero-order valence-corrected chi connectivity index (χ0v) is 19.7. The van der Waals surface area contributed by atoms with Crippen molar-refractivity contribution in [2.24, 2.45) is 5.92 Å². The molecule has 3 aliphatic rings. The maximum absolute atomic E-state index is 12.1. The van der Waals surface area contributed by atoms with Crippen LogP contribution in [0.4, 0.5) is 9.59 Å². The van der Waals surface area contributed by atoms with Crippen LogP contribution in [-0.4, -0.2) is 70.5 Å². The minimum atomic E-state index is -0.913. The van der Waals surface area contributed by atoms with Crippen LogP contribution >= 0.6 is 0 Å². The SMILES string of the molecule is CCC1C(=O)NC(=O)N(C2CCCCC2)C1=O.CN1C(=O)C(c2ccccc2)C(=O)N(C)C1=O. The smallest absolute Gasteiger partial charge is 0.277 e. The maximum Gasteiger partial charge on any atom is 0.332 e. The highest BCUT2D eigenvalue weighted by molar-refractivity contribution is 6.19. The molecule has 10 heteroatoms. The minimum Gasteiger partial charge on any atom is -0.277 e. The molecule has 1 N–H and O–H groups in total. The summed E-state index contributed by atoms with van der Waals surface area (Å²) in [6.07, 6.45) is 5.43. The average Bonchev–Trinajstić information content (AvgIpc) is 2.83. The van der Waals surface area contributed by atoms with Crippen molar-refractivity contribution in [2.45, 2.75) is 57.4 Å². The largest absolute Gasteiger partial charge is 0.332 e. The molecule has 2 heterocycles. The predicted octanol–water partition coefficient (Wildman–Crippen LogP) is 2.24. The van der Waals surface area contributed by atoms with Crippen molar-refractivity contribution in [1.82, 2.24) is 20.0 Å². The molecule has 1 aromatic carbocycles. The Labute approximate surface area is 198 Å². The first-order chi connectivity index (χ1) is 16.2. The highest BCUT2D eigenvalue weighted by Gasteiger charge is 2.44. The van der Waals surface area contributed by atoms with Gasteiger partial charge in [0.1, 0.15) is 11.8 Å². The van der Waals surface area contributed by atoms with Gasteiger partial charge in [-0.25, -0.2) is 9.59 Å². The molecule has 1 aromatic rings. The van der Waals surface area contributed by atoms with Crippen molar-refractivity contribution in [3.63, 3.8) is 0 Å². The first kappa shape index (κ1) is 25.1. The molecular formula is C24H30N4O6. The molecule has 1 atom stereocenters. The lowest BCUT2D eigenvalue weighted by Gasteiger charge is -2.37. The summed E-state index contributed by atoms with van der Waals surface area (Å²) in [6.45, 7) is 1.79. The number of nitrogens with one attached hydrogen (secondary N) is 1. The van der Waals surface area contributed by atoms with Gasteiger partial charge in [0.15, 0.2) is 0 Å². The Hall–Kier alpha value is -3.56. The lowest BCUT2D eigenvalue weighted by molar-refractivity contribution is -0.145. The molecule has 34 heavy (non-hydrogen) atoms. The minimum absolute atomic E-state index is 0.0154. The van der Waals surface area contributed by atoms with Crippen LogP contribution < -0.4 is 5.32 Å². The summed E-state index contributed by atoms with van der Waals surface area (Å²) in [5.74, 6) is -3.32. The van der Waals surface area contributed by atoms with E-state index in [2.05, 4.69) is 5.32 Å². The molecule has 0 bridgehead atoms. The van der Waals surface area contributed by atoms with Gasteiger partial charge in [0.25, 0.3) is 0 Å². The van der Waals surface area contributed by atoms with Crippen LogP contribution in [0.15, 0.2) is 30.3 Å². The molecule has 8 amide bonds. The van der Waals surface area contributed by atoms with Crippen molar-refractivity contribution >= 4 is 35.7 Å². The Morgan fingerprint density at radius 1 is 0.824 bits per heavy atom. The first-order valence-electron chi connectivity index (χ1n) is 11.5. The number of benzene rings is 1. The second-order valence-electron chi connectivity index (χ2n) is 8.68. The van der Waals surface area contributed by atoms with Crippen molar-refractivity contribution in [1.29, 1.82) is 0 Å². The van der Waals surface area contributed by atoms with E-state index in [1.54, 1.807) is 37.3 Å². The summed E-state index contributed by atoms with van der Waals surface area (Å²) < 4.78 is 0. The van der Waals surface area contributed by atoms with Gasteiger partial charge in [-0.2, -0.15) is 0 Å². The summed E-state index contributed by atoms with van der Waals surface area (Å²) in [7, 11) is 2.76. The van der Waals surface area contributed by atoms with E-state index < -0.39 is 41.6 Å². The molecule has 1 aliphatic carbocycles. The van der Waals surface area contributed by atoms with Crippen molar-refractivity contribution in [2.75, 3.05) is 14.1 Å². The Morgan fingerprint density at radius 3 is 1.91 bits per heavy atom. The molecule has 0 spiro atoms. The molecule has 2 aliphatic heterocycles. The first-order valence-corrected chi connectivity index (χ1v) is 11.5. The van der Waals surface area contributed by atoms with Gasteiger partial charge in [0.2, 0.25) is 23.6 Å². The topological polar surface area (TPSA) is 124 Å². The van der Waals surface area contributed by atoms with E-state index in [4.69, 9.17) is 0 Å². The number of carbonyl (C=O) groups excluding carboxylic acids is 6. The molecule has 1 saturated carbocycles. The summed E-state index contributed by atoms with van der Waals surface area (Å²) in [6, 6.07) is 7.59. The molecule has 4 rings (SSSR count). The van der Waals surface area contributed by atoms with Crippen LogP contribution in [0.25, 0.3) is 0 Å². The number of rotatable bonds is 3. The molecule has 0 radical (unpaired) electrons. The number of likely N-dealkylation sites (N-methyl/N-ethyl adjacent to an activating group) is 2. The quantitative estimate of drug-likeness (QED) is 0.676. The number of carbonyl (C=O) groups is 6. The highest BCUT2D eigenvalue weighted by Crippen LogP contribution is 2.27. The number of imide groups is 4. The normalized spacial score (nSPS) is 22.6. The van der Waals surface area contributed by atoms with Gasteiger partial charge in [0.05, 0.1) is 0 Å². The third-order valence-electron chi connectivity index (χ3n) is 6.51. The van der Waals surface area contributed by atoms with Crippen LogP contribution in [0, 0.1) is 5.92 Å². The van der Waals surface area contributed by atoms with Gasteiger partial charge in [-0.1, -0.05) is 56.5 Å². The summed E-state index contributed by atoms with van der Waals surface area (Å²) in [5, 5.41) is 2.29. The third-order valence-corrected chi connectivity index (χ3v) is 6.51. The summed E-state index contributed by atoms with van der Waals surface area (Å²) in [4.78, 5) is 74.0. The van der Waals surface area contributed by atoms with Crippen LogP contribution in [0.1, 0.15) is 56.9 Å². The molecule has 10 nitrogen and oxygen atoms in total. The van der Waals surface area contributed by atoms with Crippen LogP contribution in [-0.2, 0) is 19.2 Å². The fourth-order valence-corrected chi connectivity index (χ4v) is 4.51.